The molecule has 0 aromatic heterocycles. The summed E-state index contributed by atoms with van der Waals surface area (Å²) in [5.74, 6) is 3.44. The first-order chi connectivity index (χ1) is 9.72. The molecule has 0 bridgehead atoms. The van der Waals surface area contributed by atoms with Gasteiger partial charge in [-0.2, -0.15) is 0 Å². The molecule has 20 heavy (non-hydrogen) atoms. The number of anilines is 1. The lowest BCUT2D eigenvalue weighted by Gasteiger charge is -2.31. The van der Waals surface area contributed by atoms with Gasteiger partial charge in [-0.15, -0.1) is 6.42 Å². The molecule has 4 heteroatoms. The van der Waals surface area contributed by atoms with E-state index in [1.54, 1.807) is 0 Å². The van der Waals surface area contributed by atoms with Gasteiger partial charge < -0.3 is 10.1 Å². The first-order valence-corrected chi connectivity index (χ1v) is 7.45. The van der Waals surface area contributed by atoms with E-state index in [-0.39, 0.29) is 0 Å². The molecule has 1 fully saturated rings. The molecule has 1 aromatic rings. The molecule has 108 valence electrons. The van der Waals surface area contributed by atoms with Crippen LogP contribution in [-0.4, -0.2) is 37.2 Å². The molecule has 1 N–H and O–H groups in total. The van der Waals surface area contributed by atoms with Gasteiger partial charge in [-0.1, -0.05) is 17.5 Å². The number of rotatable bonds is 5. The Labute approximate surface area is 126 Å². The lowest BCUT2D eigenvalue weighted by molar-refractivity contribution is 0.243. The zero-order valence-electron chi connectivity index (χ0n) is 11.9. The number of hydrogen-bond acceptors (Lipinski definition) is 3. The normalized spacial score (nSPS) is 16.6. The molecule has 0 saturated carbocycles. The third-order valence-electron chi connectivity index (χ3n) is 3.50. The van der Waals surface area contributed by atoms with Gasteiger partial charge in [0, 0.05) is 24.8 Å². The van der Waals surface area contributed by atoms with E-state index < -0.39 is 0 Å². The predicted octanol–water partition coefficient (Wildman–Crippen LogP) is 3.25. The smallest absolute Gasteiger partial charge is 0.138 e. The molecule has 0 amide bonds. The number of ether oxygens (including phenoxy) is 1. The summed E-state index contributed by atoms with van der Waals surface area (Å²) in [5, 5.41) is 4.19. The van der Waals surface area contributed by atoms with E-state index in [9.17, 15) is 0 Å². The molecule has 2 rings (SSSR count). The summed E-state index contributed by atoms with van der Waals surface area (Å²) in [6, 6.07) is 6.35. The Morgan fingerprint density at radius 2 is 2.20 bits per heavy atom. The van der Waals surface area contributed by atoms with Gasteiger partial charge in [0.1, 0.15) is 5.75 Å². The van der Waals surface area contributed by atoms with E-state index in [1.807, 2.05) is 25.1 Å². The molecule has 0 radical (unpaired) electrons. The molecular formula is C16H21ClN2O. The number of benzene rings is 1. The molecule has 0 unspecified atom stereocenters. The van der Waals surface area contributed by atoms with Crippen molar-refractivity contribution in [2.75, 3.05) is 31.6 Å². The average Bonchev–Trinajstić information content (AvgIpc) is 2.44. The number of piperidine rings is 1. The van der Waals surface area contributed by atoms with Gasteiger partial charge in [0.05, 0.1) is 18.2 Å². The molecule has 1 saturated heterocycles. The van der Waals surface area contributed by atoms with Gasteiger partial charge >= 0.3 is 0 Å². The highest BCUT2D eigenvalue weighted by Crippen LogP contribution is 2.28. The van der Waals surface area contributed by atoms with E-state index in [0.717, 1.165) is 43.9 Å². The predicted molar refractivity (Wildman–Crippen MR) is 84.5 cm³/mol. The summed E-state index contributed by atoms with van der Waals surface area (Å²) < 4.78 is 5.44. The average molecular weight is 293 g/mol. The first kappa shape index (κ1) is 15.0. The summed E-state index contributed by atoms with van der Waals surface area (Å²) in [6.45, 7) is 5.42. The summed E-state index contributed by atoms with van der Waals surface area (Å²) in [7, 11) is 0. The van der Waals surface area contributed by atoms with Crippen LogP contribution in [0.3, 0.4) is 0 Å². The van der Waals surface area contributed by atoms with Crippen LogP contribution < -0.4 is 10.1 Å². The number of terminal acetylenes is 1. The Kier molecular flexibility index (Phi) is 5.58. The Morgan fingerprint density at radius 1 is 1.45 bits per heavy atom. The lowest BCUT2D eigenvalue weighted by atomic mass is 10.0. The Bertz CT molecular complexity index is 476. The Morgan fingerprint density at radius 3 is 2.80 bits per heavy atom. The van der Waals surface area contributed by atoms with Gasteiger partial charge in [0.25, 0.3) is 0 Å². The minimum Gasteiger partial charge on any atom is -0.492 e. The SMILES string of the molecule is C#CCN1CCC(Nc2ccc(OCC)c(Cl)c2)CC1. The summed E-state index contributed by atoms with van der Waals surface area (Å²) in [4.78, 5) is 2.31. The maximum atomic E-state index is 6.19. The van der Waals surface area contributed by atoms with Crippen molar-refractivity contribution in [3.63, 3.8) is 0 Å². The standard InChI is InChI=1S/C16H21ClN2O/c1-3-9-19-10-7-13(8-11-19)18-14-5-6-16(20-4-2)15(17)12-14/h1,5-6,12-13,18H,4,7-11H2,2H3. The third-order valence-corrected chi connectivity index (χ3v) is 3.80. The second-order valence-corrected chi connectivity index (χ2v) is 5.38. The van der Waals surface area contributed by atoms with Crippen molar-refractivity contribution in [2.24, 2.45) is 0 Å². The summed E-state index contributed by atoms with van der Waals surface area (Å²) in [6.07, 6.45) is 7.55. The molecule has 1 aliphatic heterocycles. The van der Waals surface area contributed by atoms with Crippen molar-refractivity contribution in [3.05, 3.63) is 23.2 Å². The molecule has 0 atom stereocenters. The van der Waals surface area contributed by atoms with E-state index in [1.165, 1.54) is 0 Å². The van der Waals surface area contributed by atoms with Crippen molar-refractivity contribution in [2.45, 2.75) is 25.8 Å². The van der Waals surface area contributed by atoms with Gasteiger partial charge in [-0.05, 0) is 38.0 Å². The fraction of sp³-hybridized carbons (Fsp3) is 0.500. The Hall–Kier alpha value is -1.37. The van der Waals surface area contributed by atoms with Crippen LogP contribution in [-0.2, 0) is 0 Å². The second kappa shape index (κ2) is 7.42. The quantitative estimate of drug-likeness (QED) is 0.843. The van der Waals surface area contributed by atoms with Gasteiger partial charge in [-0.25, -0.2) is 0 Å². The van der Waals surface area contributed by atoms with Crippen LogP contribution in [0.2, 0.25) is 5.02 Å². The fourth-order valence-electron chi connectivity index (χ4n) is 2.46. The van der Waals surface area contributed by atoms with Gasteiger partial charge in [-0.3, -0.25) is 4.90 Å². The van der Waals surface area contributed by atoms with Crippen molar-refractivity contribution in [1.82, 2.24) is 4.90 Å². The van der Waals surface area contributed by atoms with Crippen LogP contribution in [0, 0.1) is 12.3 Å². The van der Waals surface area contributed by atoms with Crippen molar-refractivity contribution < 1.29 is 4.74 Å². The van der Waals surface area contributed by atoms with Crippen molar-refractivity contribution in [3.8, 4) is 18.1 Å². The molecule has 1 aromatic carbocycles. The van der Waals surface area contributed by atoms with Crippen molar-refractivity contribution in [1.29, 1.82) is 0 Å². The Balaban J connectivity index is 1.88. The number of nitrogens with one attached hydrogen (secondary N) is 1. The molecule has 1 heterocycles. The van der Waals surface area contributed by atoms with Crippen LogP contribution in [0.5, 0.6) is 5.75 Å². The summed E-state index contributed by atoms with van der Waals surface area (Å²) in [5.41, 5.74) is 1.05. The van der Waals surface area contributed by atoms with Crippen LogP contribution in [0.1, 0.15) is 19.8 Å². The van der Waals surface area contributed by atoms with Crippen LogP contribution in [0.15, 0.2) is 18.2 Å². The summed E-state index contributed by atoms with van der Waals surface area (Å²) >= 11 is 6.19. The maximum absolute atomic E-state index is 6.19. The van der Waals surface area contributed by atoms with E-state index in [2.05, 4.69) is 16.1 Å². The van der Waals surface area contributed by atoms with Crippen LogP contribution >= 0.6 is 11.6 Å². The minimum absolute atomic E-state index is 0.484. The highest BCUT2D eigenvalue weighted by atomic mass is 35.5. The number of hydrogen-bond donors (Lipinski definition) is 1. The van der Waals surface area contributed by atoms with E-state index in [4.69, 9.17) is 22.8 Å². The molecule has 3 nitrogen and oxygen atoms in total. The van der Waals surface area contributed by atoms with E-state index in [0.29, 0.717) is 17.7 Å². The van der Waals surface area contributed by atoms with E-state index >= 15 is 0 Å². The highest BCUT2D eigenvalue weighted by molar-refractivity contribution is 6.32. The largest absolute Gasteiger partial charge is 0.492 e. The second-order valence-electron chi connectivity index (χ2n) is 4.98. The first-order valence-electron chi connectivity index (χ1n) is 7.07. The maximum Gasteiger partial charge on any atom is 0.138 e. The number of nitrogens with zero attached hydrogens (tertiary/aromatic N) is 1. The van der Waals surface area contributed by atoms with Crippen molar-refractivity contribution >= 4 is 17.3 Å². The topological polar surface area (TPSA) is 24.5 Å². The lowest BCUT2D eigenvalue weighted by Crippen LogP contribution is -2.39. The fourth-order valence-corrected chi connectivity index (χ4v) is 2.70. The van der Waals surface area contributed by atoms with Crippen LogP contribution in [0.25, 0.3) is 0 Å². The molecule has 0 aliphatic carbocycles. The third kappa shape index (κ3) is 4.06. The molecule has 1 aliphatic rings. The molecular weight excluding hydrogens is 272 g/mol. The minimum atomic E-state index is 0.484. The van der Waals surface area contributed by atoms with Gasteiger partial charge in [0.15, 0.2) is 0 Å². The number of halogens is 1. The van der Waals surface area contributed by atoms with Gasteiger partial charge in [0.2, 0.25) is 0 Å². The monoisotopic (exact) mass is 292 g/mol. The zero-order valence-corrected chi connectivity index (χ0v) is 12.6. The molecule has 0 spiro atoms. The number of likely N-dealkylation sites (tertiary alicyclic amines) is 1. The van der Waals surface area contributed by atoms with Crippen LogP contribution in [0.4, 0.5) is 5.69 Å². The zero-order chi connectivity index (χ0) is 14.4. The highest BCUT2D eigenvalue weighted by Gasteiger charge is 2.18.